The molecule has 0 spiro atoms. The Morgan fingerprint density at radius 2 is 1.73 bits per heavy atom. The monoisotopic (exact) mass is 209 g/mol. The van der Waals surface area contributed by atoms with Crippen LogP contribution in [0.3, 0.4) is 0 Å². The fraction of sp³-hybridized carbons (Fsp3) is 0.923. The molecular weight excluding hydrogens is 186 g/mol. The lowest BCUT2D eigenvalue weighted by atomic mass is 9.76. The van der Waals surface area contributed by atoms with E-state index in [1.807, 2.05) is 0 Å². The van der Waals surface area contributed by atoms with Gasteiger partial charge in [-0.1, -0.05) is 26.7 Å². The molecule has 2 unspecified atom stereocenters. The molecule has 0 aromatic heterocycles. The van der Waals surface area contributed by atoms with E-state index in [4.69, 9.17) is 0 Å². The van der Waals surface area contributed by atoms with E-state index in [0.717, 1.165) is 31.8 Å². The van der Waals surface area contributed by atoms with E-state index in [-0.39, 0.29) is 0 Å². The number of carbonyl (C=O) groups excluding carboxylic acids is 1. The van der Waals surface area contributed by atoms with Crippen molar-refractivity contribution >= 4 is 5.78 Å². The van der Waals surface area contributed by atoms with Crippen LogP contribution in [0.4, 0.5) is 0 Å². The summed E-state index contributed by atoms with van der Waals surface area (Å²) in [6.07, 6.45) is 4.79. The average Bonchev–Trinajstić information content (AvgIpc) is 2.65. The molecule has 2 heteroatoms. The first-order chi connectivity index (χ1) is 7.18. The first-order valence-electron chi connectivity index (χ1n) is 6.43. The molecule has 15 heavy (non-hydrogen) atoms. The SMILES string of the molecule is CC1CCC(C(=O)C2CNCC2C)CC1. The van der Waals surface area contributed by atoms with Crippen molar-refractivity contribution in [3.8, 4) is 0 Å². The predicted octanol–water partition coefficient (Wildman–Crippen LogP) is 2.24. The van der Waals surface area contributed by atoms with Crippen molar-refractivity contribution in [3.05, 3.63) is 0 Å². The van der Waals surface area contributed by atoms with Gasteiger partial charge >= 0.3 is 0 Å². The van der Waals surface area contributed by atoms with E-state index in [1.54, 1.807) is 0 Å². The zero-order chi connectivity index (χ0) is 10.8. The highest BCUT2D eigenvalue weighted by molar-refractivity contribution is 5.84. The lowest BCUT2D eigenvalue weighted by Crippen LogP contribution is -2.30. The maximum atomic E-state index is 12.3. The third-order valence-electron chi connectivity index (χ3n) is 4.30. The maximum absolute atomic E-state index is 12.3. The van der Waals surface area contributed by atoms with Crippen LogP contribution in [0.1, 0.15) is 39.5 Å². The van der Waals surface area contributed by atoms with Crippen molar-refractivity contribution in [1.29, 1.82) is 0 Å². The standard InChI is InChI=1S/C13H23NO/c1-9-3-5-11(6-4-9)13(15)12-8-14-7-10(12)2/h9-12,14H,3-8H2,1-2H3. The molecule has 0 bridgehead atoms. The molecule has 0 radical (unpaired) electrons. The van der Waals surface area contributed by atoms with Crippen LogP contribution in [0.15, 0.2) is 0 Å². The summed E-state index contributed by atoms with van der Waals surface area (Å²) < 4.78 is 0. The van der Waals surface area contributed by atoms with Crippen molar-refractivity contribution in [2.24, 2.45) is 23.7 Å². The number of carbonyl (C=O) groups is 1. The van der Waals surface area contributed by atoms with Gasteiger partial charge in [0.2, 0.25) is 0 Å². The van der Waals surface area contributed by atoms with E-state index in [2.05, 4.69) is 19.2 Å². The summed E-state index contributed by atoms with van der Waals surface area (Å²) in [5, 5.41) is 3.33. The van der Waals surface area contributed by atoms with Crippen LogP contribution in [0.25, 0.3) is 0 Å². The van der Waals surface area contributed by atoms with Crippen LogP contribution in [-0.4, -0.2) is 18.9 Å². The summed E-state index contributed by atoms with van der Waals surface area (Å²) in [5.41, 5.74) is 0. The molecule has 2 fully saturated rings. The third kappa shape index (κ3) is 2.41. The maximum Gasteiger partial charge on any atom is 0.140 e. The lowest BCUT2D eigenvalue weighted by molar-refractivity contribution is -0.128. The Hall–Kier alpha value is -0.370. The Kier molecular flexibility index (Phi) is 3.45. The van der Waals surface area contributed by atoms with E-state index in [1.165, 1.54) is 12.8 Å². The van der Waals surface area contributed by atoms with Gasteiger partial charge in [0.05, 0.1) is 0 Å². The van der Waals surface area contributed by atoms with E-state index in [9.17, 15) is 4.79 Å². The molecule has 0 amide bonds. The molecule has 1 heterocycles. The molecule has 1 aliphatic heterocycles. The summed E-state index contributed by atoms with van der Waals surface area (Å²) in [4.78, 5) is 12.3. The predicted molar refractivity (Wildman–Crippen MR) is 61.7 cm³/mol. The van der Waals surface area contributed by atoms with Crippen molar-refractivity contribution in [1.82, 2.24) is 5.32 Å². The molecule has 2 nitrogen and oxygen atoms in total. The van der Waals surface area contributed by atoms with Gasteiger partial charge in [-0.3, -0.25) is 4.79 Å². The molecule has 1 saturated carbocycles. The molecule has 86 valence electrons. The Bertz CT molecular complexity index is 231. The highest BCUT2D eigenvalue weighted by Crippen LogP contribution is 2.32. The Morgan fingerprint density at radius 1 is 1.07 bits per heavy atom. The second-order valence-corrected chi connectivity index (χ2v) is 5.60. The molecule has 2 atom stereocenters. The van der Waals surface area contributed by atoms with Gasteiger partial charge in [-0.2, -0.15) is 0 Å². The second-order valence-electron chi connectivity index (χ2n) is 5.60. The van der Waals surface area contributed by atoms with Gasteiger partial charge in [0, 0.05) is 18.4 Å². The first-order valence-corrected chi connectivity index (χ1v) is 6.43. The van der Waals surface area contributed by atoms with E-state index >= 15 is 0 Å². The molecule has 2 aliphatic rings. The number of hydrogen-bond donors (Lipinski definition) is 1. The smallest absolute Gasteiger partial charge is 0.140 e. The first kappa shape index (κ1) is 11.1. The van der Waals surface area contributed by atoms with Crippen molar-refractivity contribution in [3.63, 3.8) is 0 Å². The second kappa shape index (κ2) is 4.65. The van der Waals surface area contributed by atoms with Crippen molar-refractivity contribution < 1.29 is 4.79 Å². The van der Waals surface area contributed by atoms with Crippen molar-refractivity contribution in [2.75, 3.05) is 13.1 Å². The molecule has 0 aromatic carbocycles. The topological polar surface area (TPSA) is 29.1 Å². The van der Waals surface area contributed by atoms with E-state index in [0.29, 0.717) is 23.5 Å². The van der Waals surface area contributed by atoms with Gasteiger partial charge in [-0.25, -0.2) is 0 Å². The number of ketones is 1. The highest BCUT2D eigenvalue weighted by atomic mass is 16.1. The highest BCUT2D eigenvalue weighted by Gasteiger charge is 2.35. The molecule has 2 rings (SSSR count). The summed E-state index contributed by atoms with van der Waals surface area (Å²) in [7, 11) is 0. The Labute approximate surface area is 92.8 Å². The number of Topliss-reactive ketones (excluding diaryl/α,β-unsaturated/α-hetero) is 1. The van der Waals surface area contributed by atoms with Crippen LogP contribution >= 0.6 is 0 Å². The van der Waals surface area contributed by atoms with Crippen LogP contribution in [0.2, 0.25) is 0 Å². The zero-order valence-corrected chi connectivity index (χ0v) is 9.96. The summed E-state index contributed by atoms with van der Waals surface area (Å²) in [6.45, 7) is 6.46. The van der Waals surface area contributed by atoms with Gasteiger partial charge in [0.15, 0.2) is 0 Å². The fourth-order valence-electron chi connectivity index (χ4n) is 3.04. The van der Waals surface area contributed by atoms with Gasteiger partial charge in [-0.15, -0.1) is 0 Å². The lowest BCUT2D eigenvalue weighted by Gasteiger charge is -2.27. The molecule has 1 aliphatic carbocycles. The number of rotatable bonds is 2. The Morgan fingerprint density at radius 3 is 2.27 bits per heavy atom. The molecular formula is C13H23NO. The third-order valence-corrected chi connectivity index (χ3v) is 4.30. The fourth-order valence-corrected chi connectivity index (χ4v) is 3.04. The average molecular weight is 209 g/mol. The largest absolute Gasteiger partial charge is 0.316 e. The van der Waals surface area contributed by atoms with Crippen LogP contribution in [-0.2, 0) is 4.79 Å². The van der Waals surface area contributed by atoms with Gasteiger partial charge in [0.1, 0.15) is 5.78 Å². The summed E-state index contributed by atoms with van der Waals surface area (Å²) in [6, 6.07) is 0. The number of nitrogens with one attached hydrogen (secondary N) is 1. The van der Waals surface area contributed by atoms with Crippen LogP contribution in [0.5, 0.6) is 0 Å². The van der Waals surface area contributed by atoms with Crippen LogP contribution < -0.4 is 5.32 Å². The molecule has 1 N–H and O–H groups in total. The van der Waals surface area contributed by atoms with Gasteiger partial charge < -0.3 is 5.32 Å². The number of hydrogen-bond acceptors (Lipinski definition) is 2. The van der Waals surface area contributed by atoms with Gasteiger partial charge in [0.25, 0.3) is 0 Å². The minimum absolute atomic E-state index is 0.309. The quantitative estimate of drug-likeness (QED) is 0.755. The van der Waals surface area contributed by atoms with Gasteiger partial charge in [-0.05, 0) is 31.2 Å². The normalized spacial score (nSPS) is 41.7. The van der Waals surface area contributed by atoms with E-state index < -0.39 is 0 Å². The summed E-state index contributed by atoms with van der Waals surface area (Å²) >= 11 is 0. The summed E-state index contributed by atoms with van der Waals surface area (Å²) in [5.74, 6) is 2.64. The zero-order valence-electron chi connectivity index (χ0n) is 9.96. The minimum atomic E-state index is 0.309. The minimum Gasteiger partial charge on any atom is -0.316 e. The molecule has 0 aromatic rings. The van der Waals surface area contributed by atoms with Crippen LogP contribution in [0, 0.1) is 23.7 Å². The van der Waals surface area contributed by atoms with Crippen molar-refractivity contribution in [2.45, 2.75) is 39.5 Å². The molecule has 1 saturated heterocycles. The Balaban J connectivity index is 1.90.